The molecule has 0 aromatic carbocycles. The summed E-state index contributed by atoms with van der Waals surface area (Å²) in [5.74, 6) is 2.50. The van der Waals surface area contributed by atoms with Crippen LogP contribution < -0.4 is 4.90 Å². The SMILES string of the molecule is Cc1cc(N2CCC(O)CC2)nc(C2CN(C(C)C)C2)n1. The normalized spacial score (nSPS) is 21.9. The van der Waals surface area contributed by atoms with Crippen LogP contribution in [0.25, 0.3) is 0 Å². The zero-order valence-electron chi connectivity index (χ0n) is 13.3. The number of aromatic nitrogens is 2. The molecule has 21 heavy (non-hydrogen) atoms. The van der Waals surface area contributed by atoms with Gasteiger partial charge in [-0.1, -0.05) is 0 Å². The van der Waals surface area contributed by atoms with Crippen molar-refractivity contribution in [3.63, 3.8) is 0 Å². The minimum absolute atomic E-state index is 0.144. The largest absolute Gasteiger partial charge is 0.393 e. The Morgan fingerprint density at radius 1 is 1.19 bits per heavy atom. The van der Waals surface area contributed by atoms with Crippen molar-refractivity contribution in [1.82, 2.24) is 14.9 Å². The molecule has 0 unspecified atom stereocenters. The van der Waals surface area contributed by atoms with Crippen molar-refractivity contribution >= 4 is 5.82 Å². The molecule has 1 N–H and O–H groups in total. The van der Waals surface area contributed by atoms with E-state index in [1.54, 1.807) is 0 Å². The van der Waals surface area contributed by atoms with E-state index in [1.165, 1.54) is 0 Å². The number of aliphatic hydroxyl groups is 1. The van der Waals surface area contributed by atoms with E-state index in [0.717, 1.165) is 56.4 Å². The highest BCUT2D eigenvalue weighted by Crippen LogP contribution is 2.28. The van der Waals surface area contributed by atoms with Crippen LogP contribution >= 0.6 is 0 Å². The zero-order valence-corrected chi connectivity index (χ0v) is 13.3. The molecule has 0 bridgehead atoms. The predicted molar refractivity (Wildman–Crippen MR) is 83.7 cm³/mol. The van der Waals surface area contributed by atoms with Gasteiger partial charge in [-0.05, 0) is 33.6 Å². The third-order valence-corrected chi connectivity index (χ3v) is 4.65. The van der Waals surface area contributed by atoms with Crippen molar-refractivity contribution in [2.75, 3.05) is 31.1 Å². The molecule has 1 aromatic rings. The summed E-state index contributed by atoms with van der Waals surface area (Å²) < 4.78 is 0. The molecule has 2 fully saturated rings. The van der Waals surface area contributed by atoms with Gasteiger partial charge >= 0.3 is 0 Å². The average molecular weight is 290 g/mol. The fourth-order valence-electron chi connectivity index (χ4n) is 3.11. The van der Waals surface area contributed by atoms with Crippen LogP contribution in [0.5, 0.6) is 0 Å². The van der Waals surface area contributed by atoms with Crippen molar-refractivity contribution < 1.29 is 5.11 Å². The van der Waals surface area contributed by atoms with Crippen LogP contribution in [0.4, 0.5) is 5.82 Å². The Morgan fingerprint density at radius 2 is 1.86 bits per heavy atom. The van der Waals surface area contributed by atoms with Gasteiger partial charge in [0.1, 0.15) is 11.6 Å². The van der Waals surface area contributed by atoms with E-state index in [2.05, 4.69) is 34.7 Å². The Kier molecular flexibility index (Phi) is 4.13. The van der Waals surface area contributed by atoms with E-state index >= 15 is 0 Å². The molecule has 0 atom stereocenters. The smallest absolute Gasteiger partial charge is 0.136 e. The van der Waals surface area contributed by atoms with E-state index in [0.29, 0.717) is 12.0 Å². The Bertz CT molecular complexity index is 491. The van der Waals surface area contributed by atoms with E-state index in [-0.39, 0.29) is 6.10 Å². The number of piperidine rings is 1. The molecule has 0 radical (unpaired) electrons. The van der Waals surface area contributed by atoms with Crippen LogP contribution in [-0.4, -0.2) is 58.3 Å². The number of hydrogen-bond acceptors (Lipinski definition) is 5. The van der Waals surface area contributed by atoms with Crippen LogP contribution in [0.15, 0.2) is 6.07 Å². The highest BCUT2D eigenvalue weighted by Gasteiger charge is 2.32. The van der Waals surface area contributed by atoms with Crippen LogP contribution in [0, 0.1) is 6.92 Å². The lowest BCUT2D eigenvalue weighted by molar-refractivity contribution is 0.105. The van der Waals surface area contributed by atoms with Crippen molar-refractivity contribution in [2.24, 2.45) is 0 Å². The monoisotopic (exact) mass is 290 g/mol. The van der Waals surface area contributed by atoms with Crippen molar-refractivity contribution in [1.29, 1.82) is 0 Å². The highest BCUT2D eigenvalue weighted by atomic mass is 16.3. The molecule has 5 nitrogen and oxygen atoms in total. The summed E-state index contributed by atoms with van der Waals surface area (Å²) in [5, 5.41) is 9.63. The first-order valence-corrected chi connectivity index (χ1v) is 8.05. The number of hydrogen-bond donors (Lipinski definition) is 1. The summed E-state index contributed by atoms with van der Waals surface area (Å²) in [6.07, 6.45) is 1.53. The van der Waals surface area contributed by atoms with Crippen LogP contribution in [0.1, 0.15) is 44.1 Å². The van der Waals surface area contributed by atoms with E-state index in [9.17, 15) is 5.11 Å². The molecule has 0 spiro atoms. The van der Waals surface area contributed by atoms with Crippen molar-refractivity contribution in [3.8, 4) is 0 Å². The van der Waals surface area contributed by atoms with Crippen molar-refractivity contribution in [3.05, 3.63) is 17.6 Å². The molecule has 116 valence electrons. The summed E-state index contributed by atoms with van der Waals surface area (Å²) in [7, 11) is 0. The summed E-state index contributed by atoms with van der Waals surface area (Å²) >= 11 is 0. The fourth-order valence-corrected chi connectivity index (χ4v) is 3.11. The molecular formula is C16H26N4O. The molecule has 3 heterocycles. The molecular weight excluding hydrogens is 264 g/mol. The van der Waals surface area contributed by atoms with Gasteiger partial charge < -0.3 is 10.0 Å². The molecule has 1 aromatic heterocycles. The lowest BCUT2D eigenvalue weighted by Crippen LogP contribution is -2.49. The number of likely N-dealkylation sites (tertiary alicyclic amines) is 1. The molecule has 2 saturated heterocycles. The summed E-state index contributed by atoms with van der Waals surface area (Å²) in [6.45, 7) is 10.4. The molecule has 0 amide bonds. The zero-order chi connectivity index (χ0) is 15.0. The number of aliphatic hydroxyl groups excluding tert-OH is 1. The number of rotatable bonds is 3. The van der Waals surface area contributed by atoms with Gasteiger partial charge in [0.25, 0.3) is 0 Å². The van der Waals surface area contributed by atoms with Crippen LogP contribution in [0.2, 0.25) is 0 Å². The highest BCUT2D eigenvalue weighted by molar-refractivity contribution is 5.40. The minimum atomic E-state index is -0.144. The van der Waals surface area contributed by atoms with Gasteiger partial charge in [0.15, 0.2) is 0 Å². The molecule has 3 rings (SSSR count). The summed E-state index contributed by atoms with van der Waals surface area (Å²) in [6, 6.07) is 2.68. The summed E-state index contributed by atoms with van der Waals surface area (Å²) in [4.78, 5) is 14.2. The number of anilines is 1. The molecule has 0 saturated carbocycles. The van der Waals surface area contributed by atoms with Crippen LogP contribution in [0.3, 0.4) is 0 Å². The number of nitrogens with zero attached hydrogens (tertiary/aromatic N) is 4. The third-order valence-electron chi connectivity index (χ3n) is 4.65. The quantitative estimate of drug-likeness (QED) is 0.915. The van der Waals surface area contributed by atoms with Gasteiger partial charge in [-0.15, -0.1) is 0 Å². The lowest BCUT2D eigenvalue weighted by atomic mass is 9.97. The van der Waals surface area contributed by atoms with E-state index < -0.39 is 0 Å². The van der Waals surface area contributed by atoms with Gasteiger partial charge in [0, 0.05) is 49.9 Å². The van der Waals surface area contributed by atoms with E-state index in [4.69, 9.17) is 4.98 Å². The third kappa shape index (κ3) is 3.19. The van der Waals surface area contributed by atoms with Gasteiger partial charge in [0.2, 0.25) is 0 Å². The summed E-state index contributed by atoms with van der Waals surface area (Å²) in [5.41, 5.74) is 1.05. The standard InChI is InChI=1S/C16H26N4O/c1-11(2)20-9-13(10-20)16-17-12(3)8-15(18-16)19-6-4-14(21)5-7-19/h8,11,13-14,21H,4-7,9-10H2,1-3H3. The maximum atomic E-state index is 9.63. The molecule has 2 aliphatic rings. The van der Waals surface area contributed by atoms with Crippen molar-refractivity contribution in [2.45, 2.75) is 51.7 Å². The Balaban J connectivity index is 1.72. The second kappa shape index (κ2) is 5.89. The Morgan fingerprint density at radius 3 is 2.48 bits per heavy atom. The van der Waals surface area contributed by atoms with Gasteiger partial charge in [0.05, 0.1) is 6.10 Å². The second-order valence-electron chi connectivity index (χ2n) is 6.69. The maximum Gasteiger partial charge on any atom is 0.136 e. The Labute approximate surface area is 127 Å². The van der Waals surface area contributed by atoms with Gasteiger partial charge in [-0.25, -0.2) is 9.97 Å². The fraction of sp³-hybridized carbons (Fsp3) is 0.750. The minimum Gasteiger partial charge on any atom is -0.393 e. The van der Waals surface area contributed by atoms with Gasteiger partial charge in [-0.3, -0.25) is 4.90 Å². The maximum absolute atomic E-state index is 9.63. The first kappa shape index (κ1) is 14.7. The van der Waals surface area contributed by atoms with Crippen LogP contribution in [-0.2, 0) is 0 Å². The Hall–Kier alpha value is -1.20. The molecule has 5 heteroatoms. The second-order valence-corrected chi connectivity index (χ2v) is 6.69. The first-order valence-electron chi connectivity index (χ1n) is 8.05. The lowest BCUT2D eigenvalue weighted by Gasteiger charge is -2.41. The predicted octanol–water partition coefficient (Wildman–Crippen LogP) is 1.55. The molecule has 0 aliphatic carbocycles. The average Bonchev–Trinajstić information content (AvgIpc) is 2.36. The van der Waals surface area contributed by atoms with Gasteiger partial charge in [-0.2, -0.15) is 0 Å². The topological polar surface area (TPSA) is 52.5 Å². The first-order chi connectivity index (χ1) is 10.0. The molecule has 2 aliphatic heterocycles. The van der Waals surface area contributed by atoms with E-state index in [1.807, 2.05) is 6.92 Å². The number of aryl methyl sites for hydroxylation is 1.